The molecule has 2 N–H and O–H groups in total. The number of aliphatic hydroxyl groups is 1. The Kier molecular flexibility index (Phi) is 2.46. The summed E-state index contributed by atoms with van der Waals surface area (Å²) in [5.41, 5.74) is 0. The quantitative estimate of drug-likeness (QED) is 0.706. The highest BCUT2D eigenvalue weighted by atomic mass is 16.3. The average Bonchev–Trinajstić information content (AvgIpc) is 2.54. The minimum atomic E-state index is -0.157. The number of nitrogens with one attached hydrogen (secondary N) is 1. The number of anilines is 1. The predicted octanol–water partition coefficient (Wildman–Crippen LogP) is 1.15. The second-order valence-electron chi connectivity index (χ2n) is 4.16. The molecule has 1 aromatic heterocycles. The maximum absolute atomic E-state index is 9.61. The largest absolute Gasteiger partial charge is 0.393 e. The van der Waals surface area contributed by atoms with Crippen LogP contribution in [-0.4, -0.2) is 33.5 Å². The van der Waals surface area contributed by atoms with E-state index in [1.54, 1.807) is 0 Å². The van der Waals surface area contributed by atoms with Gasteiger partial charge in [0.25, 0.3) is 0 Å². The van der Waals surface area contributed by atoms with Gasteiger partial charge in [0.2, 0.25) is 0 Å². The summed E-state index contributed by atoms with van der Waals surface area (Å²) in [7, 11) is 0. The van der Waals surface area contributed by atoms with E-state index in [0.29, 0.717) is 12.1 Å². The van der Waals surface area contributed by atoms with Crippen molar-refractivity contribution in [2.75, 3.05) is 4.90 Å². The molecule has 0 amide bonds. The molecule has 78 valence electrons. The third kappa shape index (κ3) is 1.62. The lowest BCUT2D eigenvalue weighted by Gasteiger charge is -2.41. The molecule has 2 atom stereocenters. The van der Waals surface area contributed by atoms with Crippen LogP contribution in [0.5, 0.6) is 0 Å². The van der Waals surface area contributed by atoms with E-state index in [1.807, 2.05) is 12.3 Å². The fourth-order valence-corrected chi connectivity index (χ4v) is 2.39. The molecule has 0 unspecified atom stereocenters. The Morgan fingerprint density at radius 3 is 2.57 bits per heavy atom. The molecule has 0 radical (unpaired) electrons. The number of rotatable bonds is 1. The van der Waals surface area contributed by atoms with Gasteiger partial charge in [0.15, 0.2) is 5.82 Å². The van der Waals surface area contributed by atoms with Crippen LogP contribution in [0.3, 0.4) is 0 Å². The smallest absolute Gasteiger partial charge is 0.150 e. The first-order valence-corrected chi connectivity index (χ1v) is 5.14. The van der Waals surface area contributed by atoms with E-state index < -0.39 is 0 Å². The molecule has 2 heterocycles. The number of H-pyrrole nitrogens is 1. The highest BCUT2D eigenvalue weighted by Crippen LogP contribution is 2.27. The fraction of sp³-hybridized carbons (Fsp3) is 0.700. The Balaban J connectivity index is 2.18. The van der Waals surface area contributed by atoms with Crippen molar-refractivity contribution in [1.82, 2.24) is 10.2 Å². The molecule has 2 rings (SSSR count). The van der Waals surface area contributed by atoms with Crippen molar-refractivity contribution in [3.05, 3.63) is 12.3 Å². The van der Waals surface area contributed by atoms with Gasteiger partial charge in [-0.1, -0.05) is 0 Å². The topological polar surface area (TPSA) is 52.1 Å². The first-order valence-electron chi connectivity index (χ1n) is 5.14. The normalized spacial score (nSPS) is 33.4. The molecule has 1 aliphatic rings. The van der Waals surface area contributed by atoms with E-state index in [9.17, 15) is 5.11 Å². The monoisotopic (exact) mass is 195 g/mol. The lowest BCUT2D eigenvalue weighted by molar-refractivity contribution is 0.116. The van der Waals surface area contributed by atoms with Gasteiger partial charge >= 0.3 is 0 Å². The van der Waals surface area contributed by atoms with E-state index in [4.69, 9.17) is 0 Å². The summed E-state index contributed by atoms with van der Waals surface area (Å²) in [6.07, 6.45) is 3.34. The number of nitrogens with zero attached hydrogens (tertiary/aromatic N) is 2. The molecule has 14 heavy (non-hydrogen) atoms. The van der Waals surface area contributed by atoms with Crippen molar-refractivity contribution in [2.45, 2.75) is 44.9 Å². The van der Waals surface area contributed by atoms with Gasteiger partial charge in [0.05, 0.1) is 6.10 Å². The molecular weight excluding hydrogens is 178 g/mol. The second kappa shape index (κ2) is 3.61. The molecule has 4 heteroatoms. The maximum Gasteiger partial charge on any atom is 0.150 e. The van der Waals surface area contributed by atoms with Crippen molar-refractivity contribution in [2.24, 2.45) is 0 Å². The lowest BCUT2D eigenvalue weighted by Crippen LogP contribution is -2.48. The summed E-state index contributed by atoms with van der Waals surface area (Å²) in [5.74, 6) is 0.983. The van der Waals surface area contributed by atoms with Gasteiger partial charge in [-0.25, -0.2) is 0 Å². The van der Waals surface area contributed by atoms with E-state index >= 15 is 0 Å². The van der Waals surface area contributed by atoms with Gasteiger partial charge in [0.1, 0.15) is 0 Å². The Morgan fingerprint density at radius 2 is 2.07 bits per heavy atom. The maximum atomic E-state index is 9.61. The minimum Gasteiger partial charge on any atom is -0.393 e. The highest BCUT2D eigenvalue weighted by Gasteiger charge is 2.30. The van der Waals surface area contributed by atoms with Crippen LogP contribution in [0.1, 0.15) is 26.7 Å². The zero-order valence-electron chi connectivity index (χ0n) is 8.64. The summed E-state index contributed by atoms with van der Waals surface area (Å²) in [6.45, 7) is 4.26. The molecule has 0 aromatic carbocycles. The van der Waals surface area contributed by atoms with Crippen LogP contribution in [-0.2, 0) is 0 Å². The fourth-order valence-electron chi connectivity index (χ4n) is 2.39. The van der Waals surface area contributed by atoms with E-state index in [0.717, 1.165) is 18.7 Å². The molecule has 0 aliphatic carbocycles. The van der Waals surface area contributed by atoms with Crippen molar-refractivity contribution < 1.29 is 5.11 Å². The van der Waals surface area contributed by atoms with Gasteiger partial charge in [-0.05, 0) is 26.7 Å². The molecule has 1 aromatic rings. The Labute approximate surface area is 83.9 Å². The molecule has 1 aliphatic heterocycles. The lowest BCUT2D eigenvalue weighted by atomic mass is 9.95. The van der Waals surface area contributed by atoms with Crippen molar-refractivity contribution in [1.29, 1.82) is 0 Å². The summed E-state index contributed by atoms with van der Waals surface area (Å²) < 4.78 is 0. The highest BCUT2D eigenvalue weighted by molar-refractivity contribution is 5.40. The summed E-state index contributed by atoms with van der Waals surface area (Å²) in [6, 6.07) is 2.69. The summed E-state index contributed by atoms with van der Waals surface area (Å²) >= 11 is 0. The Hall–Kier alpha value is -1.03. The molecule has 0 bridgehead atoms. The zero-order valence-corrected chi connectivity index (χ0v) is 8.64. The molecule has 1 fully saturated rings. The number of aromatic amines is 1. The van der Waals surface area contributed by atoms with Gasteiger partial charge in [0, 0.05) is 24.3 Å². The molecule has 0 saturated carbocycles. The number of aliphatic hydroxyl groups excluding tert-OH is 1. The standard InChI is InChI=1S/C10H17N3O/c1-7-5-9(14)6-8(2)13(7)10-3-4-11-12-10/h3-4,7-9,14H,5-6H2,1-2H3,(H,11,12)/t7-,8-/m1/s1. The van der Waals surface area contributed by atoms with E-state index in [1.165, 1.54) is 0 Å². The van der Waals surface area contributed by atoms with Gasteiger partial charge in [-0.3, -0.25) is 5.10 Å². The zero-order chi connectivity index (χ0) is 10.1. The van der Waals surface area contributed by atoms with Gasteiger partial charge in [-0.15, -0.1) is 0 Å². The van der Waals surface area contributed by atoms with Crippen LogP contribution in [0.2, 0.25) is 0 Å². The number of hydrogen-bond acceptors (Lipinski definition) is 3. The van der Waals surface area contributed by atoms with Crippen molar-refractivity contribution in [3.63, 3.8) is 0 Å². The van der Waals surface area contributed by atoms with Crippen molar-refractivity contribution in [3.8, 4) is 0 Å². The second-order valence-corrected chi connectivity index (χ2v) is 4.16. The molecule has 0 spiro atoms. The average molecular weight is 195 g/mol. The van der Waals surface area contributed by atoms with E-state index in [2.05, 4.69) is 28.9 Å². The third-order valence-electron chi connectivity index (χ3n) is 2.93. The third-order valence-corrected chi connectivity index (χ3v) is 2.93. The van der Waals surface area contributed by atoms with Crippen LogP contribution in [0.4, 0.5) is 5.82 Å². The van der Waals surface area contributed by atoms with Crippen LogP contribution in [0.15, 0.2) is 12.3 Å². The van der Waals surface area contributed by atoms with E-state index in [-0.39, 0.29) is 6.10 Å². The van der Waals surface area contributed by atoms with Crippen LogP contribution in [0.25, 0.3) is 0 Å². The summed E-state index contributed by atoms with van der Waals surface area (Å²) in [5, 5.41) is 16.6. The van der Waals surface area contributed by atoms with Gasteiger partial charge in [-0.2, -0.15) is 5.10 Å². The van der Waals surface area contributed by atoms with Crippen LogP contribution >= 0.6 is 0 Å². The number of aromatic nitrogens is 2. The SMILES string of the molecule is C[C@@H]1CC(O)C[C@@H](C)N1c1cc[nH]n1. The predicted molar refractivity (Wildman–Crippen MR) is 55.2 cm³/mol. The number of piperidine rings is 1. The van der Waals surface area contributed by atoms with Crippen LogP contribution in [0, 0.1) is 0 Å². The molecule has 1 saturated heterocycles. The minimum absolute atomic E-state index is 0.157. The molecular formula is C10H17N3O. The first kappa shape index (κ1) is 9.52. The van der Waals surface area contributed by atoms with Crippen LogP contribution < -0.4 is 4.90 Å². The van der Waals surface area contributed by atoms with Gasteiger partial charge < -0.3 is 10.0 Å². The Morgan fingerprint density at radius 1 is 1.43 bits per heavy atom. The van der Waals surface area contributed by atoms with Crippen molar-refractivity contribution >= 4 is 5.82 Å². The summed E-state index contributed by atoms with van der Waals surface area (Å²) in [4.78, 5) is 2.27. The number of hydrogen-bond donors (Lipinski definition) is 2. The first-order chi connectivity index (χ1) is 6.68. The Bertz CT molecular complexity index is 274. The molecule has 4 nitrogen and oxygen atoms in total.